The molecule has 0 spiro atoms. The summed E-state index contributed by atoms with van der Waals surface area (Å²) in [5.41, 5.74) is 6.32. The highest BCUT2D eigenvalue weighted by atomic mass is 79.9. The minimum absolute atomic E-state index is 0.0290. The Bertz CT molecular complexity index is 377. The van der Waals surface area contributed by atoms with Gasteiger partial charge in [-0.3, -0.25) is 0 Å². The molecule has 0 aliphatic rings. The van der Waals surface area contributed by atoms with Crippen LogP contribution in [0, 0.1) is 0 Å². The van der Waals surface area contributed by atoms with Crippen LogP contribution in [0.3, 0.4) is 0 Å². The summed E-state index contributed by atoms with van der Waals surface area (Å²) in [6.45, 7) is 3.93. The van der Waals surface area contributed by atoms with Crippen molar-refractivity contribution in [2.45, 2.75) is 19.8 Å². The third kappa shape index (κ3) is 2.04. The number of carboxylic acids is 1. The van der Waals surface area contributed by atoms with Crippen molar-refractivity contribution in [1.29, 1.82) is 0 Å². The molecule has 0 radical (unpaired) electrons. The van der Waals surface area contributed by atoms with Gasteiger partial charge in [0.1, 0.15) is 11.4 Å². The van der Waals surface area contributed by atoms with Gasteiger partial charge in [-0.2, -0.15) is 0 Å². The van der Waals surface area contributed by atoms with Gasteiger partial charge in [-0.25, -0.2) is 9.78 Å². The number of pyridine rings is 1. The van der Waals surface area contributed by atoms with Gasteiger partial charge < -0.3 is 10.8 Å². The van der Waals surface area contributed by atoms with Crippen LogP contribution >= 0.6 is 15.9 Å². The van der Waals surface area contributed by atoms with E-state index >= 15 is 0 Å². The fourth-order valence-corrected chi connectivity index (χ4v) is 1.87. The fraction of sp³-hybridized carbons (Fsp3) is 0.333. The molecule has 0 saturated carbocycles. The molecule has 14 heavy (non-hydrogen) atoms. The Morgan fingerprint density at radius 1 is 1.64 bits per heavy atom. The highest BCUT2D eigenvalue weighted by Crippen LogP contribution is 2.26. The number of nitrogen functional groups attached to an aromatic ring is 1. The van der Waals surface area contributed by atoms with Gasteiger partial charge in [-0.15, -0.1) is 0 Å². The van der Waals surface area contributed by atoms with Crippen molar-refractivity contribution in [3.63, 3.8) is 0 Å². The van der Waals surface area contributed by atoms with Crippen molar-refractivity contribution in [2.24, 2.45) is 0 Å². The number of carbonyl (C=O) groups is 1. The molecular formula is C9H11BrN2O2. The van der Waals surface area contributed by atoms with Crippen LogP contribution in [-0.2, 0) is 0 Å². The molecule has 5 heteroatoms. The molecule has 0 amide bonds. The Kier molecular flexibility index (Phi) is 3.10. The average molecular weight is 259 g/mol. The number of nitrogens with zero attached hydrogens (tertiary/aromatic N) is 1. The lowest BCUT2D eigenvalue weighted by atomic mass is 10.1. The van der Waals surface area contributed by atoms with E-state index in [0.29, 0.717) is 4.47 Å². The number of aromatic carboxylic acids is 1. The summed E-state index contributed by atoms with van der Waals surface area (Å²) >= 11 is 3.27. The predicted octanol–water partition coefficient (Wildman–Crippen LogP) is 2.25. The minimum Gasteiger partial charge on any atom is -0.478 e. The summed E-state index contributed by atoms with van der Waals surface area (Å²) in [6.07, 6.45) is 0. The van der Waals surface area contributed by atoms with Gasteiger partial charge in [0.25, 0.3) is 0 Å². The summed E-state index contributed by atoms with van der Waals surface area (Å²) < 4.78 is 0.680. The molecule has 0 saturated heterocycles. The highest BCUT2D eigenvalue weighted by Gasteiger charge is 2.14. The van der Waals surface area contributed by atoms with E-state index in [1.54, 1.807) is 0 Å². The normalized spacial score (nSPS) is 10.6. The Hall–Kier alpha value is -1.10. The van der Waals surface area contributed by atoms with Gasteiger partial charge in [-0.1, -0.05) is 13.8 Å². The SMILES string of the molecule is CC(C)c1nc(N)c(C(=O)O)cc1Br. The maximum absolute atomic E-state index is 10.7. The maximum atomic E-state index is 10.7. The molecule has 0 bridgehead atoms. The Morgan fingerprint density at radius 3 is 2.64 bits per heavy atom. The first kappa shape index (κ1) is 11.0. The topological polar surface area (TPSA) is 76.2 Å². The van der Waals surface area contributed by atoms with Crippen LogP contribution in [0.2, 0.25) is 0 Å². The van der Waals surface area contributed by atoms with Gasteiger partial charge in [0.05, 0.1) is 5.69 Å². The molecule has 1 heterocycles. The first-order chi connectivity index (χ1) is 6.43. The van der Waals surface area contributed by atoms with Crippen molar-refractivity contribution < 1.29 is 9.90 Å². The fourth-order valence-electron chi connectivity index (χ4n) is 1.09. The van der Waals surface area contributed by atoms with Gasteiger partial charge in [0.15, 0.2) is 0 Å². The molecule has 76 valence electrons. The van der Waals surface area contributed by atoms with E-state index in [2.05, 4.69) is 20.9 Å². The van der Waals surface area contributed by atoms with Crippen molar-refractivity contribution >= 4 is 27.7 Å². The number of nitrogens with two attached hydrogens (primary N) is 1. The molecule has 4 nitrogen and oxygen atoms in total. The van der Waals surface area contributed by atoms with Crippen LogP contribution in [0.15, 0.2) is 10.5 Å². The number of hydrogen-bond donors (Lipinski definition) is 2. The van der Waals surface area contributed by atoms with Gasteiger partial charge in [0, 0.05) is 4.47 Å². The first-order valence-electron chi connectivity index (χ1n) is 4.12. The molecular weight excluding hydrogens is 248 g/mol. The second-order valence-electron chi connectivity index (χ2n) is 3.25. The lowest BCUT2D eigenvalue weighted by Crippen LogP contribution is -2.07. The zero-order chi connectivity index (χ0) is 10.9. The second kappa shape index (κ2) is 3.96. The Morgan fingerprint density at radius 2 is 2.21 bits per heavy atom. The number of hydrogen-bond acceptors (Lipinski definition) is 3. The van der Waals surface area contributed by atoms with Crippen LogP contribution in [0.1, 0.15) is 35.8 Å². The highest BCUT2D eigenvalue weighted by molar-refractivity contribution is 9.10. The standard InChI is InChI=1S/C9H11BrN2O2/c1-4(2)7-6(10)3-5(9(13)14)8(11)12-7/h3-4H,1-2H3,(H2,11,12)(H,13,14). The Balaban J connectivity index is 3.31. The van der Waals surface area contributed by atoms with Crippen LogP contribution in [0.25, 0.3) is 0 Å². The molecule has 0 aliphatic carbocycles. The zero-order valence-corrected chi connectivity index (χ0v) is 9.50. The lowest BCUT2D eigenvalue weighted by molar-refractivity contribution is 0.0697. The monoisotopic (exact) mass is 258 g/mol. The summed E-state index contributed by atoms with van der Waals surface area (Å²) in [6, 6.07) is 1.49. The molecule has 1 aromatic heterocycles. The number of aromatic nitrogens is 1. The Labute approximate surface area is 90.3 Å². The van der Waals surface area contributed by atoms with Crippen molar-refractivity contribution in [2.75, 3.05) is 5.73 Å². The van der Waals surface area contributed by atoms with E-state index in [-0.39, 0.29) is 17.3 Å². The summed E-state index contributed by atoms with van der Waals surface area (Å²) in [7, 11) is 0. The second-order valence-corrected chi connectivity index (χ2v) is 4.10. The molecule has 0 unspecified atom stereocenters. The van der Waals surface area contributed by atoms with E-state index in [0.717, 1.165) is 5.69 Å². The number of rotatable bonds is 2. The van der Waals surface area contributed by atoms with E-state index < -0.39 is 5.97 Å². The van der Waals surface area contributed by atoms with E-state index in [4.69, 9.17) is 10.8 Å². The maximum Gasteiger partial charge on any atom is 0.339 e. The van der Waals surface area contributed by atoms with Crippen molar-refractivity contribution in [3.8, 4) is 0 Å². The largest absolute Gasteiger partial charge is 0.478 e. The molecule has 1 rings (SSSR count). The number of anilines is 1. The average Bonchev–Trinajstić information content (AvgIpc) is 2.07. The van der Waals surface area contributed by atoms with E-state index in [9.17, 15) is 4.79 Å². The van der Waals surface area contributed by atoms with E-state index in [1.807, 2.05) is 13.8 Å². The van der Waals surface area contributed by atoms with Crippen LogP contribution in [0.5, 0.6) is 0 Å². The summed E-state index contributed by atoms with van der Waals surface area (Å²) in [5.74, 6) is -0.801. The van der Waals surface area contributed by atoms with Crippen molar-refractivity contribution in [3.05, 3.63) is 21.8 Å². The third-order valence-corrected chi connectivity index (χ3v) is 2.45. The number of halogens is 1. The quantitative estimate of drug-likeness (QED) is 0.853. The van der Waals surface area contributed by atoms with Crippen LogP contribution in [0.4, 0.5) is 5.82 Å². The lowest BCUT2D eigenvalue weighted by Gasteiger charge is -2.09. The third-order valence-electron chi connectivity index (χ3n) is 1.81. The first-order valence-corrected chi connectivity index (χ1v) is 4.92. The van der Waals surface area contributed by atoms with Crippen molar-refractivity contribution in [1.82, 2.24) is 4.98 Å². The zero-order valence-electron chi connectivity index (χ0n) is 7.91. The van der Waals surface area contributed by atoms with Crippen LogP contribution in [-0.4, -0.2) is 16.1 Å². The molecule has 0 atom stereocenters. The number of carboxylic acid groups (broad SMARTS) is 1. The van der Waals surface area contributed by atoms with Gasteiger partial charge in [-0.05, 0) is 27.9 Å². The molecule has 0 aliphatic heterocycles. The molecule has 3 N–H and O–H groups in total. The van der Waals surface area contributed by atoms with Gasteiger partial charge in [0.2, 0.25) is 0 Å². The predicted molar refractivity (Wildman–Crippen MR) is 57.4 cm³/mol. The molecule has 0 aromatic carbocycles. The van der Waals surface area contributed by atoms with Gasteiger partial charge >= 0.3 is 5.97 Å². The summed E-state index contributed by atoms with van der Waals surface area (Å²) in [4.78, 5) is 14.8. The van der Waals surface area contributed by atoms with Crippen LogP contribution < -0.4 is 5.73 Å². The minimum atomic E-state index is -1.06. The smallest absolute Gasteiger partial charge is 0.339 e. The van der Waals surface area contributed by atoms with E-state index in [1.165, 1.54) is 6.07 Å². The molecule has 1 aromatic rings. The molecule has 0 fully saturated rings. The summed E-state index contributed by atoms with van der Waals surface area (Å²) in [5, 5.41) is 8.78.